The van der Waals surface area contributed by atoms with Gasteiger partial charge in [-0.2, -0.15) is 4.68 Å². The maximum absolute atomic E-state index is 5.80. The average Bonchev–Trinajstić information content (AvgIpc) is 3.19. The van der Waals surface area contributed by atoms with Gasteiger partial charge in [-0.3, -0.25) is 0 Å². The first-order valence-corrected chi connectivity index (χ1v) is 10.2. The fourth-order valence-corrected chi connectivity index (χ4v) is 3.42. The molecule has 0 aliphatic heterocycles. The van der Waals surface area contributed by atoms with Gasteiger partial charge in [-0.25, -0.2) is 0 Å². The number of hydrogen-bond acceptors (Lipinski definition) is 6. The maximum Gasteiger partial charge on any atom is 0.214 e. The number of nitrogens with zero attached hydrogens (tertiary/aromatic N) is 4. The van der Waals surface area contributed by atoms with E-state index in [2.05, 4.69) is 39.9 Å². The molecule has 0 saturated heterocycles. The lowest BCUT2D eigenvalue weighted by molar-refractivity contribution is 0.313. The van der Waals surface area contributed by atoms with E-state index in [0.29, 0.717) is 0 Å². The van der Waals surface area contributed by atoms with Gasteiger partial charge in [-0.15, -0.1) is 5.10 Å². The molecule has 2 aromatic carbocycles. The number of nitrogens with one attached hydrogen (secondary N) is 1. The summed E-state index contributed by atoms with van der Waals surface area (Å²) in [7, 11) is 0. The zero-order chi connectivity index (χ0) is 18.7. The van der Waals surface area contributed by atoms with Crippen LogP contribution >= 0.6 is 11.8 Å². The molecule has 0 saturated carbocycles. The molecule has 3 aromatic rings. The van der Waals surface area contributed by atoms with E-state index in [4.69, 9.17) is 4.74 Å². The Bertz CT molecular complexity index is 809. The van der Waals surface area contributed by atoms with Crippen LogP contribution in [0.3, 0.4) is 0 Å². The number of para-hydroxylation sites is 2. The average molecular weight is 384 g/mol. The van der Waals surface area contributed by atoms with Crippen LogP contribution in [0.15, 0.2) is 59.8 Å². The van der Waals surface area contributed by atoms with Crippen molar-refractivity contribution >= 4 is 11.8 Å². The van der Waals surface area contributed by atoms with Crippen LogP contribution in [0.25, 0.3) is 5.69 Å². The third kappa shape index (κ3) is 5.80. The minimum atomic E-state index is 0.754. The van der Waals surface area contributed by atoms with Gasteiger partial charge in [-0.05, 0) is 48.0 Å². The molecule has 0 aliphatic rings. The van der Waals surface area contributed by atoms with Crippen molar-refractivity contribution in [2.24, 2.45) is 0 Å². The lowest BCUT2D eigenvalue weighted by atomic mass is 10.2. The summed E-state index contributed by atoms with van der Waals surface area (Å²) in [6.07, 6.45) is 2.05. The molecular weight excluding hydrogens is 358 g/mol. The highest BCUT2D eigenvalue weighted by molar-refractivity contribution is 7.99. The van der Waals surface area contributed by atoms with Crippen LogP contribution in [0.5, 0.6) is 5.75 Å². The van der Waals surface area contributed by atoms with Gasteiger partial charge in [0.15, 0.2) is 0 Å². The third-order valence-corrected chi connectivity index (χ3v) is 4.93. The van der Waals surface area contributed by atoms with Crippen LogP contribution in [0.2, 0.25) is 0 Å². The van der Waals surface area contributed by atoms with Crippen molar-refractivity contribution < 1.29 is 4.74 Å². The highest BCUT2D eigenvalue weighted by atomic mass is 32.2. The number of aromatic nitrogens is 4. The van der Waals surface area contributed by atoms with Gasteiger partial charge in [0.2, 0.25) is 5.16 Å². The van der Waals surface area contributed by atoms with Crippen LogP contribution in [-0.2, 0) is 6.54 Å². The summed E-state index contributed by atoms with van der Waals surface area (Å²) in [6.45, 7) is 4.62. The van der Waals surface area contributed by atoms with Crippen LogP contribution in [0.1, 0.15) is 25.3 Å². The number of benzene rings is 2. The van der Waals surface area contributed by atoms with E-state index in [1.165, 1.54) is 5.56 Å². The summed E-state index contributed by atoms with van der Waals surface area (Å²) in [5.41, 5.74) is 2.18. The van der Waals surface area contributed by atoms with Crippen LogP contribution in [0.4, 0.5) is 0 Å². The molecule has 0 unspecified atom stereocenters. The Balaban J connectivity index is 1.40. The summed E-state index contributed by atoms with van der Waals surface area (Å²) >= 11 is 1.67. The second-order valence-electron chi connectivity index (χ2n) is 6.04. The van der Waals surface area contributed by atoms with E-state index in [1.807, 2.05) is 42.5 Å². The molecule has 0 spiro atoms. The second kappa shape index (κ2) is 10.7. The zero-order valence-corrected chi connectivity index (χ0v) is 16.4. The molecule has 0 atom stereocenters. The van der Waals surface area contributed by atoms with E-state index in [-0.39, 0.29) is 0 Å². The summed E-state index contributed by atoms with van der Waals surface area (Å²) in [4.78, 5) is 0. The standard InChI is InChI=1S/C20H25N5OS/c1-2-14-26-19-12-7-6-9-17(19)16-21-13-8-15-27-20-22-23-24-25(20)18-10-4-3-5-11-18/h3-7,9-12,21H,2,8,13-16H2,1H3. The van der Waals surface area contributed by atoms with Gasteiger partial charge in [0, 0.05) is 17.9 Å². The molecule has 0 aliphatic carbocycles. The molecule has 3 rings (SSSR count). The summed E-state index contributed by atoms with van der Waals surface area (Å²) in [5, 5.41) is 16.3. The Morgan fingerprint density at radius 2 is 1.89 bits per heavy atom. The Morgan fingerprint density at radius 1 is 1.07 bits per heavy atom. The van der Waals surface area contributed by atoms with Crippen molar-refractivity contribution in [3.05, 3.63) is 60.2 Å². The molecule has 27 heavy (non-hydrogen) atoms. The second-order valence-corrected chi connectivity index (χ2v) is 7.11. The zero-order valence-electron chi connectivity index (χ0n) is 15.5. The number of ether oxygens (including phenoxy) is 1. The van der Waals surface area contributed by atoms with Crippen LogP contribution in [0, 0.1) is 0 Å². The van der Waals surface area contributed by atoms with Crippen molar-refractivity contribution in [2.45, 2.75) is 31.5 Å². The quantitative estimate of drug-likeness (QED) is 0.402. The molecule has 0 bridgehead atoms. The van der Waals surface area contributed by atoms with Gasteiger partial charge in [0.25, 0.3) is 0 Å². The van der Waals surface area contributed by atoms with E-state index in [9.17, 15) is 0 Å². The molecule has 1 heterocycles. The first-order chi connectivity index (χ1) is 13.4. The van der Waals surface area contributed by atoms with Crippen LogP contribution in [-0.4, -0.2) is 39.1 Å². The van der Waals surface area contributed by atoms with Crippen molar-refractivity contribution in [3.8, 4) is 11.4 Å². The molecule has 142 valence electrons. The molecule has 1 aromatic heterocycles. The minimum Gasteiger partial charge on any atom is -0.493 e. The predicted octanol–water partition coefficient (Wildman–Crippen LogP) is 3.72. The largest absolute Gasteiger partial charge is 0.493 e. The highest BCUT2D eigenvalue weighted by Gasteiger charge is 2.08. The minimum absolute atomic E-state index is 0.754. The summed E-state index contributed by atoms with van der Waals surface area (Å²) < 4.78 is 7.58. The fourth-order valence-electron chi connectivity index (χ4n) is 2.59. The number of hydrogen-bond donors (Lipinski definition) is 1. The highest BCUT2D eigenvalue weighted by Crippen LogP contribution is 2.19. The van der Waals surface area contributed by atoms with Gasteiger partial charge in [-0.1, -0.05) is 55.1 Å². The Kier molecular flexibility index (Phi) is 7.68. The third-order valence-electron chi connectivity index (χ3n) is 3.92. The predicted molar refractivity (Wildman–Crippen MR) is 108 cm³/mol. The van der Waals surface area contributed by atoms with E-state index < -0.39 is 0 Å². The Labute approximate surface area is 164 Å². The molecule has 1 N–H and O–H groups in total. The molecular formula is C20H25N5OS. The smallest absolute Gasteiger partial charge is 0.214 e. The number of thioether (sulfide) groups is 1. The lowest BCUT2D eigenvalue weighted by Gasteiger charge is -2.11. The monoisotopic (exact) mass is 383 g/mol. The van der Waals surface area contributed by atoms with Crippen molar-refractivity contribution in [3.63, 3.8) is 0 Å². The first-order valence-electron chi connectivity index (χ1n) is 9.26. The van der Waals surface area contributed by atoms with E-state index >= 15 is 0 Å². The fraction of sp³-hybridized carbons (Fsp3) is 0.350. The molecule has 0 amide bonds. The number of rotatable bonds is 11. The topological polar surface area (TPSA) is 64.9 Å². The van der Waals surface area contributed by atoms with E-state index in [0.717, 1.165) is 54.9 Å². The normalized spacial score (nSPS) is 10.9. The Hall–Kier alpha value is -2.38. The summed E-state index contributed by atoms with van der Waals surface area (Å²) in [6, 6.07) is 18.2. The first kappa shape index (κ1) is 19.4. The van der Waals surface area contributed by atoms with Gasteiger partial charge >= 0.3 is 0 Å². The molecule has 0 radical (unpaired) electrons. The van der Waals surface area contributed by atoms with Gasteiger partial charge in [0.05, 0.1) is 12.3 Å². The lowest BCUT2D eigenvalue weighted by Crippen LogP contribution is -2.16. The molecule has 6 nitrogen and oxygen atoms in total. The van der Waals surface area contributed by atoms with Gasteiger partial charge in [0.1, 0.15) is 5.75 Å². The SMILES string of the molecule is CCCOc1ccccc1CNCCCSc1nnnn1-c1ccccc1. The van der Waals surface area contributed by atoms with Crippen molar-refractivity contribution in [1.29, 1.82) is 0 Å². The van der Waals surface area contributed by atoms with Crippen molar-refractivity contribution in [1.82, 2.24) is 25.5 Å². The van der Waals surface area contributed by atoms with Crippen molar-refractivity contribution in [2.75, 3.05) is 18.9 Å². The van der Waals surface area contributed by atoms with Gasteiger partial charge < -0.3 is 10.1 Å². The molecule has 7 heteroatoms. The van der Waals surface area contributed by atoms with Crippen LogP contribution < -0.4 is 10.1 Å². The number of tetrazole rings is 1. The Morgan fingerprint density at radius 3 is 2.74 bits per heavy atom. The van der Waals surface area contributed by atoms with E-state index in [1.54, 1.807) is 16.4 Å². The summed E-state index contributed by atoms with van der Waals surface area (Å²) in [5.74, 6) is 1.93. The molecule has 0 fully saturated rings. The maximum atomic E-state index is 5.80.